The van der Waals surface area contributed by atoms with Gasteiger partial charge in [0.05, 0.1) is 4.90 Å². The molecule has 3 aromatic carbocycles. The number of hydrogen-bond acceptors (Lipinski definition) is 4. The summed E-state index contributed by atoms with van der Waals surface area (Å²) in [5.74, 6) is 0. The van der Waals surface area contributed by atoms with Crippen LogP contribution in [0.4, 0.5) is 11.4 Å². The van der Waals surface area contributed by atoms with E-state index in [0.717, 1.165) is 18.7 Å². The van der Waals surface area contributed by atoms with E-state index >= 15 is 0 Å². The fourth-order valence-corrected chi connectivity index (χ4v) is 4.64. The molecule has 1 atom stereocenters. The standard InChI is InChI=1S/C19H24N2.C7H8O3S/c1-19(13-8-14-20-2)15-21(16-9-4-3-5-10-16)18-12-7-6-11-17(18)19;1-6-2-4-7(5-3-6)11(8,9)10/h3-7,9-12,20H,8,13-15H2,1-2H3;2-5H,1H3,(H,8,9,10). The van der Waals surface area contributed by atoms with Crippen LogP contribution in [0.5, 0.6) is 0 Å². The Morgan fingerprint density at radius 1 is 0.969 bits per heavy atom. The summed E-state index contributed by atoms with van der Waals surface area (Å²) in [6.07, 6.45) is 2.43. The number of nitrogens with one attached hydrogen (secondary N) is 1. The van der Waals surface area contributed by atoms with Crippen LogP contribution in [0.25, 0.3) is 0 Å². The SMILES string of the molecule is CNCCCC1(C)CN(c2ccccc2)c2ccccc21.Cc1ccc(S(=O)(=O)O)cc1. The van der Waals surface area contributed by atoms with Crippen molar-refractivity contribution in [3.63, 3.8) is 0 Å². The fourth-order valence-electron chi connectivity index (χ4n) is 4.16. The molecule has 0 aromatic heterocycles. The van der Waals surface area contributed by atoms with E-state index in [0.29, 0.717) is 0 Å². The molecule has 0 radical (unpaired) electrons. The molecular weight excluding hydrogens is 420 g/mol. The smallest absolute Gasteiger partial charge is 0.294 e. The average Bonchev–Trinajstić information content (AvgIpc) is 3.08. The van der Waals surface area contributed by atoms with Gasteiger partial charge in [-0.15, -0.1) is 0 Å². The molecule has 4 rings (SSSR count). The predicted molar refractivity (Wildman–Crippen MR) is 131 cm³/mol. The second kappa shape index (κ2) is 10.3. The van der Waals surface area contributed by atoms with Crippen LogP contribution in [0.3, 0.4) is 0 Å². The van der Waals surface area contributed by atoms with Crippen LogP contribution in [-0.4, -0.2) is 33.1 Å². The molecular formula is C26H32N2O3S. The highest BCUT2D eigenvalue weighted by molar-refractivity contribution is 7.85. The first kappa shape index (κ1) is 24.0. The van der Waals surface area contributed by atoms with Crippen molar-refractivity contribution in [3.8, 4) is 0 Å². The fraction of sp³-hybridized carbons (Fsp3) is 0.308. The van der Waals surface area contributed by atoms with Crippen molar-refractivity contribution < 1.29 is 13.0 Å². The molecule has 2 N–H and O–H groups in total. The van der Waals surface area contributed by atoms with Crippen molar-refractivity contribution >= 4 is 21.5 Å². The lowest BCUT2D eigenvalue weighted by molar-refractivity contribution is 0.445. The van der Waals surface area contributed by atoms with Crippen molar-refractivity contribution in [2.45, 2.75) is 37.0 Å². The van der Waals surface area contributed by atoms with Crippen LogP contribution < -0.4 is 10.2 Å². The van der Waals surface area contributed by atoms with Crippen molar-refractivity contribution in [2.24, 2.45) is 0 Å². The van der Waals surface area contributed by atoms with Gasteiger partial charge < -0.3 is 10.2 Å². The highest BCUT2D eigenvalue weighted by Gasteiger charge is 2.38. The van der Waals surface area contributed by atoms with Gasteiger partial charge in [0, 0.05) is 23.3 Å². The van der Waals surface area contributed by atoms with E-state index in [1.807, 2.05) is 14.0 Å². The number of para-hydroxylation sites is 2. The van der Waals surface area contributed by atoms with Crippen LogP contribution in [0.15, 0.2) is 83.8 Å². The number of fused-ring (bicyclic) bond motifs is 1. The van der Waals surface area contributed by atoms with E-state index in [1.54, 1.807) is 12.1 Å². The van der Waals surface area contributed by atoms with Gasteiger partial charge in [-0.25, -0.2) is 0 Å². The van der Waals surface area contributed by atoms with Gasteiger partial charge in [-0.2, -0.15) is 8.42 Å². The molecule has 1 aliphatic heterocycles. The molecule has 170 valence electrons. The van der Waals surface area contributed by atoms with Crippen molar-refractivity contribution in [1.82, 2.24) is 5.32 Å². The molecule has 0 spiro atoms. The van der Waals surface area contributed by atoms with Crippen molar-refractivity contribution in [2.75, 3.05) is 25.0 Å². The molecule has 0 aliphatic carbocycles. The molecule has 1 heterocycles. The zero-order valence-electron chi connectivity index (χ0n) is 19.0. The van der Waals surface area contributed by atoms with Gasteiger partial charge in [0.2, 0.25) is 0 Å². The maximum atomic E-state index is 10.5. The topological polar surface area (TPSA) is 69.6 Å². The van der Waals surface area contributed by atoms with Crippen LogP contribution in [0, 0.1) is 6.92 Å². The minimum Gasteiger partial charge on any atom is -0.340 e. The maximum absolute atomic E-state index is 10.5. The Balaban J connectivity index is 0.000000222. The Morgan fingerprint density at radius 2 is 1.59 bits per heavy atom. The third-order valence-corrected chi connectivity index (χ3v) is 6.76. The number of benzene rings is 3. The Hall–Kier alpha value is -2.67. The Bertz CT molecular complexity index is 1120. The van der Waals surface area contributed by atoms with Gasteiger partial charge >= 0.3 is 0 Å². The first-order valence-corrected chi connectivity index (χ1v) is 12.3. The minimum absolute atomic E-state index is 0.0666. The van der Waals surface area contributed by atoms with E-state index in [4.69, 9.17) is 4.55 Å². The highest BCUT2D eigenvalue weighted by atomic mass is 32.2. The first-order chi connectivity index (χ1) is 15.2. The molecule has 5 nitrogen and oxygen atoms in total. The molecule has 1 aliphatic rings. The summed E-state index contributed by atoms with van der Waals surface area (Å²) in [5.41, 5.74) is 5.35. The second-order valence-electron chi connectivity index (χ2n) is 8.49. The average molecular weight is 453 g/mol. The summed E-state index contributed by atoms with van der Waals surface area (Å²) in [5, 5.41) is 3.26. The largest absolute Gasteiger partial charge is 0.340 e. The van der Waals surface area contributed by atoms with E-state index in [-0.39, 0.29) is 10.3 Å². The summed E-state index contributed by atoms with van der Waals surface area (Å²) in [4.78, 5) is 2.40. The van der Waals surface area contributed by atoms with Crippen molar-refractivity contribution in [3.05, 3.63) is 90.0 Å². The van der Waals surface area contributed by atoms with Gasteiger partial charge in [0.25, 0.3) is 10.1 Å². The summed E-state index contributed by atoms with van der Waals surface area (Å²) in [6.45, 7) is 6.40. The van der Waals surface area contributed by atoms with Gasteiger partial charge in [0.15, 0.2) is 0 Å². The Labute approximate surface area is 191 Å². The number of aryl methyl sites for hydroxylation is 1. The molecule has 0 saturated carbocycles. The monoisotopic (exact) mass is 452 g/mol. The lowest BCUT2D eigenvalue weighted by Crippen LogP contribution is -2.29. The van der Waals surface area contributed by atoms with E-state index in [9.17, 15) is 8.42 Å². The van der Waals surface area contributed by atoms with E-state index in [2.05, 4.69) is 71.7 Å². The molecule has 0 fully saturated rings. The predicted octanol–water partition coefficient (Wildman–Crippen LogP) is 5.34. The number of rotatable bonds is 6. The van der Waals surface area contributed by atoms with Crippen LogP contribution in [0.2, 0.25) is 0 Å². The molecule has 3 aromatic rings. The summed E-state index contributed by atoms with van der Waals surface area (Å²) >= 11 is 0. The van der Waals surface area contributed by atoms with Gasteiger partial charge in [0.1, 0.15) is 0 Å². The lowest BCUT2D eigenvalue weighted by atomic mass is 9.80. The van der Waals surface area contributed by atoms with E-state index < -0.39 is 10.1 Å². The molecule has 6 heteroatoms. The zero-order chi connectivity index (χ0) is 23.2. The minimum atomic E-state index is -4.02. The van der Waals surface area contributed by atoms with Gasteiger partial charge in [-0.1, -0.05) is 61.0 Å². The second-order valence-corrected chi connectivity index (χ2v) is 9.92. The van der Waals surface area contributed by atoms with E-state index in [1.165, 1.54) is 41.9 Å². The molecule has 0 saturated heterocycles. The number of anilines is 2. The van der Waals surface area contributed by atoms with Crippen molar-refractivity contribution in [1.29, 1.82) is 0 Å². The summed E-state index contributed by atoms with van der Waals surface area (Å²) in [7, 11) is -1.99. The van der Waals surface area contributed by atoms with Gasteiger partial charge in [-0.05, 0) is 69.3 Å². The van der Waals surface area contributed by atoms with Crippen LogP contribution in [0.1, 0.15) is 30.9 Å². The van der Waals surface area contributed by atoms with Crippen LogP contribution >= 0.6 is 0 Å². The third-order valence-electron chi connectivity index (χ3n) is 5.89. The Morgan fingerprint density at radius 3 is 2.22 bits per heavy atom. The molecule has 32 heavy (non-hydrogen) atoms. The van der Waals surface area contributed by atoms with Crippen LogP contribution in [-0.2, 0) is 15.5 Å². The summed E-state index contributed by atoms with van der Waals surface area (Å²) in [6, 6.07) is 25.6. The number of hydrogen-bond donors (Lipinski definition) is 2. The highest BCUT2D eigenvalue weighted by Crippen LogP contribution is 2.46. The molecule has 1 unspecified atom stereocenters. The zero-order valence-corrected chi connectivity index (χ0v) is 19.8. The normalized spacial score (nSPS) is 17.4. The first-order valence-electron chi connectivity index (χ1n) is 10.9. The maximum Gasteiger partial charge on any atom is 0.294 e. The Kier molecular flexibility index (Phi) is 7.72. The molecule has 0 amide bonds. The number of nitrogens with zero attached hydrogens (tertiary/aromatic N) is 1. The molecule has 0 bridgehead atoms. The third kappa shape index (κ3) is 5.76. The van der Waals surface area contributed by atoms with Gasteiger partial charge in [-0.3, -0.25) is 4.55 Å². The lowest BCUT2D eigenvalue weighted by Gasteiger charge is -2.26. The quantitative estimate of drug-likeness (QED) is 0.390. The summed E-state index contributed by atoms with van der Waals surface area (Å²) < 4.78 is 29.6.